The van der Waals surface area contributed by atoms with Crippen molar-refractivity contribution in [2.24, 2.45) is 0 Å². The smallest absolute Gasteiger partial charge is 0.128 e. The summed E-state index contributed by atoms with van der Waals surface area (Å²) in [7, 11) is 0. The molecule has 0 radical (unpaired) electrons. The quantitative estimate of drug-likeness (QED) is 0.216. The Labute approximate surface area is 235 Å². The van der Waals surface area contributed by atoms with Crippen LogP contribution < -0.4 is 4.74 Å². The molecule has 1 heteroatoms. The molecule has 5 aromatic carbocycles. The van der Waals surface area contributed by atoms with Gasteiger partial charge in [-0.15, -0.1) is 6.42 Å². The molecule has 0 spiro atoms. The summed E-state index contributed by atoms with van der Waals surface area (Å²) in [6.45, 7) is 2.89. The lowest BCUT2D eigenvalue weighted by atomic mass is 9.54. The number of ether oxygens (including phenoxy) is 1. The molecule has 5 aromatic rings. The summed E-state index contributed by atoms with van der Waals surface area (Å²) in [4.78, 5) is 0. The second-order valence-electron chi connectivity index (χ2n) is 11.6. The standard InChI is InChI=1S/C39H28O/c1-3-21-40-39-37-33-27-17-9-5-13-23(27)31(24-14-6-10-18-28(24)33)35(37)22(4-2)36-32-25-15-7-11-19-29(25)34(38(36)39)30-20-12-8-16-26(30)32/h2,5-20,31-34H,3,21H2,1H3. The summed E-state index contributed by atoms with van der Waals surface area (Å²) in [5.74, 6) is 4.84. The van der Waals surface area contributed by atoms with Gasteiger partial charge in [-0.25, -0.2) is 0 Å². The molecule has 40 heavy (non-hydrogen) atoms. The highest BCUT2D eigenvalue weighted by molar-refractivity contribution is 5.82. The first-order chi connectivity index (χ1) is 19.8. The van der Waals surface area contributed by atoms with Gasteiger partial charge in [-0.1, -0.05) is 110 Å². The topological polar surface area (TPSA) is 9.23 Å². The van der Waals surface area contributed by atoms with Crippen LogP contribution in [0.15, 0.2) is 97.1 Å². The molecule has 0 unspecified atom stereocenters. The van der Waals surface area contributed by atoms with E-state index in [1.807, 2.05) is 0 Å². The van der Waals surface area contributed by atoms with Crippen LogP contribution in [0.25, 0.3) is 0 Å². The van der Waals surface area contributed by atoms with Crippen LogP contribution in [0.4, 0.5) is 0 Å². The minimum absolute atomic E-state index is 0.110. The molecule has 0 saturated carbocycles. The third-order valence-corrected chi connectivity index (χ3v) is 9.83. The fourth-order valence-corrected chi connectivity index (χ4v) is 8.55. The first kappa shape index (κ1) is 22.3. The highest BCUT2D eigenvalue weighted by Gasteiger charge is 2.51. The van der Waals surface area contributed by atoms with Crippen molar-refractivity contribution in [3.8, 4) is 18.1 Å². The maximum absolute atomic E-state index is 6.95. The summed E-state index contributed by atoms with van der Waals surface area (Å²) < 4.78 is 6.95. The van der Waals surface area contributed by atoms with Crippen molar-refractivity contribution in [3.63, 3.8) is 0 Å². The van der Waals surface area contributed by atoms with Crippen LogP contribution >= 0.6 is 0 Å². The highest BCUT2D eigenvalue weighted by atomic mass is 16.5. The SMILES string of the molecule is C#Cc1c2c(c(OCCC)c3c1C1c4ccccc4C3c3ccccc31)C1c3ccccc3C2c2ccccc21. The van der Waals surface area contributed by atoms with Crippen molar-refractivity contribution < 1.29 is 4.74 Å². The number of terminal acetylenes is 1. The second kappa shape index (κ2) is 8.00. The van der Waals surface area contributed by atoms with Gasteiger partial charge in [-0.3, -0.25) is 0 Å². The fourth-order valence-electron chi connectivity index (χ4n) is 8.55. The third kappa shape index (κ3) is 2.56. The Hall–Kier alpha value is -4.54. The van der Waals surface area contributed by atoms with E-state index in [9.17, 15) is 0 Å². The largest absolute Gasteiger partial charge is 0.493 e. The molecule has 0 N–H and O–H groups in total. The maximum atomic E-state index is 6.95. The molecule has 0 aliphatic heterocycles. The number of hydrogen-bond donors (Lipinski definition) is 0. The van der Waals surface area contributed by atoms with E-state index in [0.29, 0.717) is 6.61 Å². The Morgan fingerprint density at radius 3 is 1.10 bits per heavy atom. The lowest BCUT2D eigenvalue weighted by molar-refractivity contribution is 0.307. The van der Waals surface area contributed by atoms with Gasteiger partial charge >= 0.3 is 0 Å². The van der Waals surface area contributed by atoms with Gasteiger partial charge in [-0.2, -0.15) is 0 Å². The van der Waals surface area contributed by atoms with E-state index in [1.165, 1.54) is 66.8 Å². The summed E-state index contributed by atoms with van der Waals surface area (Å²) >= 11 is 0. The summed E-state index contributed by atoms with van der Waals surface area (Å²) in [5.41, 5.74) is 17.4. The maximum Gasteiger partial charge on any atom is 0.128 e. The molecule has 0 saturated heterocycles. The van der Waals surface area contributed by atoms with E-state index < -0.39 is 0 Å². The fraction of sp³-hybridized carbons (Fsp3) is 0.179. The van der Waals surface area contributed by atoms with Crippen molar-refractivity contribution in [3.05, 3.63) is 169 Å². The van der Waals surface area contributed by atoms with E-state index in [0.717, 1.165) is 17.7 Å². The third-order valence-electron chi connectivity index (χ3n) is 9.83. The van der Waals surface area contributed by atoms with Gasteiger partial charge < -0.3 is 4.74 Å². The van der Waals surface area contributed by atoms with Crippen molar-refractivity contribution >= 4 is 0 Å². The number of rotatable bonds is 3. The lowest BCUT2D eigenvalue weighted by Gasteiger charge is -2.48. The Balaban J connectivity index is 1.46. The van der Waals surface area contributed by atoms with Crippen LogP contribution in [0.3, 0.4) is 0 Å². The van der Waals surface area contributed by atoms with Crippen molar-refractivity contribution in [2.75, 3.05) is 6.61 Å². The predicted octanol–water partition coefficient (Wildman–Crippen LogP) is 8.43. The van der Waals surface area contributed by atoms with Gasteiger partial charge in [0, 0.05) is 40.4 Å². The number of hydrogen-bond acceptors (Lipinski definition) is 1. The van der Waals surface area contributed by atoms with Crippen LogP contribution in [0.1, 0.15) is 109 Å². The lowest BCUT2D eigenvalue weighted by Crippen LogP contribution is -2.34. The van der Waals surface area contributed by atoms with Gasteiger partial charge in [0.15, 0.2) is 0 Å². The molecular formula is C39H28O. The Morgan fingerprint density at radius 2 is 0.825 bits per heavy atom. The minimum Gasteiger partial charge on any atom is -0.493 e. The van der Waals surface area contributed by atoms with E-state index in [4.69, 9.17) is 11.2 Å². The molecule has 6 aliphatic carbocycles. The van der Waals surface area contributed by atoms with Gasteiger partial charge in [0.1, 0.15) is 5.75 Å². The summed E-state index contributed by atoms with van der Waals surface area (Å²) in [5, 5.41) is 0. The highest BCUT2D eigenvalue weighted by Crippen LogP contribution is 2.65. The first-order valence-electron chi connectivity index (χ1n) is 14.5. The second-order valence-corrected chi connectivity index (χ2v) is 11.6. The van der Waals surface area contributed by atoms with Crippen LogP contribution in [0, 0.1) is 12.3 Å². The first-order valence-corrected chi connectivity index (χ1v) is 14.5. The zero-order chi connectivity index (χ0) is 26.5. The average molecular weight is 513 g/mol. The van der Waals surface area contributed by atoms with Crippen molar-refractivity contribution in [1.82, 2.24) is 0 Å². The predicted molar refractivity (Wildman–Crippen MR) is 160 cm³/mol. The molecule has 190 valence electrons. The Kier molecular flexibility index (Phi) is 4.46. The van der Waals surface area contributed by atoms with Gasteiger partial charge in [0.05, 0.1) is 6.61 Å². The zero-order valence-electron chi connectivity index (χ0n) is 22.4. The average Bonchev–Trinajstić information content (AvgIpc) is 3.02. The van der Waals surface area contributed by atoms with Gasteiger partial charge in [0.2, 0.25) is 0 Å². The Morgan fingerprint density at radius 1 is 0.525 bits per heavy atom. The van der Waals surface area contributed by atoms with Crippen molar-refractivity contribution in [1.29, 1.82) is 0 Å². The molecule has 0 atom stereocenters. The van der Waals surface area contributed by atoms with Gasteiger partial charge in [0.25, 0.3) is 0 Å². The van der Waals surface area contributed by atoms with E-state index in [1.54, 1.807) is 0 Å². The molecule has 11 rings (SSSR count). The van der Waals surface area contributed by atoms with Crippen LogP contribution in [-0.2, 0) is 0 Å². The molecule has 6 aliphatic rings. The van der Waals surface area contributed by atoms with Crippen LogP contribution in [0.2, 0.25) is 0 Å². The van der Waals surface area contributed by atoms with Gasteiger partial charge in [-0.05, 0) is 62.1 Å². The minimum atomic E-state index is 0.110. The van der Waals surface area contributed by atoms with Crippen molar-refractivity contribution in [2.45, 2.75) is 37.0 Å². The zero-order valence-corrected chi connectivity index (χ0v) is 22.4. The molecule has 0 amide bonds. The monoisotopic (exact) mass is 512 g/mol. The Bertz CT molecular complexity index is 1710. The molecular weight excluding hydrogens is 484 g/mol. The molecule has 4 bridgehead atoms. The van der Waals surface area contributed by atoms with E-state index in [-0.39, 0.29) is 23.7 Å². The molecule has 0 aromatic heterocycles. The molecule has 1 nitrogen and oxygen atoms in total. The van der Waals surface area contributed by atoms with E-state index in [2.05, 4.69) is 110 Å². The van der Waals surface area contributed by atoms with Crippen LogP contribution in [-0.4, -0.2) is 6.61 Å². The number of benzene rings is 5. The van der Waals surface area contributed by atoms with Crippen LogP contribution in [0.5, 0.6) is 5.75 Å². The molecule has 0 heterocycles. The summed E-state index contributed by atoms with van der Waals surface area (Å²) in [6, 6.07) is 36.0. The normalized spacial score (nSPS) is 21.3. The van der Waals surface area contributed by atoms with E-state index >= 15 is 0 Å². The summed E-state index contributed by atoms with van der Waals surface area (Å²) in [6.07, 6.45) is 7.56. The molecule has 0 fully saturated rings.